The van der Waals surface area contributed by atoms with E-state index in [0.29, 0.717) is 6.61 Å². The summed E-state index contributed by atoms with van der Waals surface area (Å²) in [5.74, 6) is 0.148. The summed E-state index contributed by atoms with van der Waals surface area (Å²) in [6.45, 7) is 1.94. The van der Waals surface area contributed by atoms with Crippen molar-refractivity contribution in [2.45, 2.75) is 50.6 Å². The number of hydrogen-bond acceptors (Lipinski definition) is 3. The van der Waals surface area contributed by atoms with E-state index >= 15 is 0 Å². The Balaban J connectivity index is 1.20. The summed E-state index contributed by atoms with van der Waals surface area (Å²) >= 11 is 0. The molecule has 2 aliphatic heterocycles. The summed E-state index contributed by atoms with van der Waals surface area (Å²) in [6, 6.07) is 24.9. The predicted molar refractivity (Wildman–Crippen MR) is 137 cm³/mol. The first-order chi connectivity index (χ1) is 17.1. The molecule has 2 atom stereocenters. The molecule has 2 bridgehead atoms. The van der Waals surface area contributed by atoms with Crippen LogP contribution in [0.1, 0.15) is 65.6 Å². The third-order valence-corrected chi connectivity index (χ3v) is 7.85. The molecule has 1 amide bonds. The van der Waals surface area contributed by atoms with Crippen molar-refractivity contribution >= 4 is 17.4 Å². The first kappa shape index (κ1) is 21.8. The van der Waals surface area contributed by atoms with Crippen molar-refractivity contribution in [2.24, 2.45) is 0 Å². The smallest absolute Gasteiger partial charge is 0.410 e. The number of ether oxygens (including phenoxy) is 1. The normalized spacial score (nSPS) is 20.6. The standard InChI is InChI=1S/C31H29NO3/c1-20(33)21-13-15-22(16-14-21)23-17-24-7-6-8-25(18-23)32(24)31(34)35-19-30-28-11-4-2-9-26(28)27-10-3-5-12-29(27)30/h2-5,9-17,24-25,30H,6-8,18-19H2,1H3. The molecule has 0 spiro atoms. The second-order valence-corrected chi connectivity index (χ2v) is 9.89. The SMILES string of the molecule is CC(=O)c1ccc(C2=CC3CCCC(C2)N3C(=O)OCC2c3ccccc3-c3ccccc32)cc1. The summed E-state index contributed by atoms with van der Waals surface area (Å²) in [7, 11) is 0. The molecule has 1 aliphatic carbocycles. The lowest BCUT2D eigenvalue weighted by molar-refractivity contribution is 0.0539. The van der Waals surface area contributed by atoms with E-state index in [1.165, 1.54) is 27.8 Å². The Bertz CT molecular complexity index is 1280. The van der Waals surface area contributed by atoms with Crippen LogP contribution in [-0.2, 0) is 4.74 Å². The number of benzene rings is 3. The summed E-state index contributed by atoms with van der Waals surface area (Å²) in [5, 5.41) is 0. The fourth-order valence-corrected chi connectivity index (χ4v) is 6.12. The number of carbonyl (C=O) groups is 2. The molecule has 35 heavy (non-hydrogen) atoms. The van der Waals surface area contributed by atoms with E-state index in [1.54, 1.807) is 6.92 Å². The quantitative estimate of drug-likeness (QED) is 0.398. The van der Waals surface area contributed by atoms with Crippen LogP contribution in [0.4, 0.5) is 4.79 Å². The first-order valence-corrected chi connectivity index (χ1v) is 12.6. The van der Waals surface area contributed by atoms with Crippen molar-refractivity contribution < 1.29 is 14.3 Å². The van der Waals surface area contributed by atoms with Crippen LogP contribution in [0.2, 0.25) is 0 Å². The number of fused-ring (bicyclic) bond motifs is 5. The zero-order chi connectivity index (χ0) is 23.9. The van der Waals surface area contributed by atoms with Crippen molar-refractivity contribution in [3.63, 3.8) is 0 Å². The van der Waals surface area contributed by atoms with Gasteiger partial charge in [-0.1, -0.05) is 78.9 Å². The van der Waals surface area contributed by atoms with Crippen molar-refractivity contribution in [1.82, 2.24) is 4.90 Å². The highest BCUT2D eigenvalue weighted by Gasteiger charge is 2.39. The molecule has 0 radical (unpaired) electrons. The van der Waals surface area contributed by atoms with Crippen molar-refractivity contribution in [1.29, 1.82) is 0 Å². The van der Waals surface area contributed by atoms with E-state index in [1.807, 2.05) is 29.2 Å². The maximum Gasteiger partial charge on any atom is 0.410 e. The lowest BCUT2D eigenvalue weighted by atomic mass is 9.83. The predicted octanol–water partition coefficient (Wildman–Crippen LogP) is 6.85. The molecule has 3 aromatic rings. The zero-order valence-corrected chi connectivity index (χ0v) is 19.9. The summed E-state index contributed by atoms with van der Waals surface area (Å²) in [4.78, 5) is 27.0. The second kappa shape index (κ2) is 8.84. The summed E-state index contributed by atoms with van der Waals surface area (Å²) in [6.07, 6.45) is 5.92. The third-order valence-electron chi connectivity index (χ3n) is 7.85. The van der Waals surface area contributed by atoms with Gasteiger partial charge in [0.25, 0.3) is 0 Å². The van der Waals surface area contributed by atoms with Gasteiger partial charge in [-0.25, -0.2) is 4.79 Å². The van der Waals surface area contributed by atoms with Gasteiger partial charge in [-0.3, -0.25) is 9.69 Å². The van der Waals surface area contributed by atoms with E-state index in [9.17, 15) is 9.59 Å². The first-order valence-electron chi connectivity index (χ1n) is 12.6. The molecule has 4 heteroatoms. The van der Waals surface area contributed by atoms with Crippen LogP contribution < -0.4 is 0 Å². The van der Waals surface area contributed by atoms with Crippen molar-refractivity contribution in [3.05, 3.63) is 101 Å². The minimum atomic E-state index is -0.205. The van der Waals surface area contributed by atoms with Gasteiger partial charge in [-0.05, 0) is 66.0 Å². The van der Waals surface area contributed by atoms with Crippen LogP contribution in [0.15, 0.2) is 78.9 Å². The maximum atomic E-state index is 13.4. The number of hydrogen-bond donors (Lipinski definition) is 0. The molecular weight excluding hydrogens is 434 g/mol. The molecule has 2 unspecified atom stereocenters. The highest BCUT2D eigenvalue weighted by atomic mass is 16.6. The summed E-state index contributed by atoms with van der Waals surface area (Å²) < 4.78 is 6.02. The minimum Gasteiger partial charge on any atom is -0.448 e. The van der Waals surface area contributed by atoms with E-state index < -0.39 is 0 Å². The molecule has 0 saturated carbocycles. The van der Waals surface area contributed by atoms with Gasteiger partial charge in [0.15, 0.2) is 5.78 Å². The van der Waals surface area contributed by atoms with Crippen molar-refractivity contribution in [3.8, 4) is 11.1 Å². The van der Waals surface area contributed by atoms with E-state index in [2.05, 4.69) is 54.6 Å². The Labute approximate surface area is 206 Å². The second-order valence-electron chi connectivity index (χ2n) is 9.89. The molecular formula is C31H29NO3. The number of Topliss-reactive ketones (excluding diaryl/α,β-unsaturated/α-hetero) is 1. The lowest BCUT2D eigenvalue weighted by Gasteiger charge is -2.44. The fraction of sp³-hybridized carbons (Fsp3) is 0.290. The minimum absolute atomic E-state index is 0.0561. The van der Waals surface area contributed by atoms with Gasteiger partial charge >= 0.3 is 6.09 Å². The Kier molecular flexibility index (Phi) is 5.52. The van der Waals surface area contributed by atoms with Crippen molar-refractivity contribution in [2.75, 3.05) is 6.61 Å². The van der Waals surface area contributed by atoms with Gasteiger partial charge in [0.1, 0.15) is 6.61 Å². The van der Waals surface area contributed by atoms with Crippen LogP contribution in [0.3, 0.4) is 0 Å². The Morgan fingerprint density at radius 1 is 0.886 bits per heavy atom. The van der Waals surface area contributed by atoms with E-state index in [-0.39, 0.29) is 29.9 Å². The Hall–Kier alpha value is -3.66. The largest absolute Gasteiger partial charge is 0.448 e. The number of amides is 1. The average Bonchev–Trinajstić information content (AvgIpc) is 3.20. The van der Waals surface area contributed by atoms with E-state index in [0.717, 1.165) is 36.8 Å². The number of ketones is 1. The van der Waals surface area contributed by atoms with Crippen LogP contribution in [-0.4, -0.2) is 35.5 Å². The van der Waals surface area contributed by atoms with Crippen LogP contribution in [0, 0.1) is 0 Å². The van der Waals surface area contributed by atoms with Crippen LogP contribution in [0.25, 0.3) is 16.7 Å². The zero-order valence-electron chi connectivity index (χ0n) is 19.9. The molecule has 176 valence electrons. The molecule has 1 saturated heterocycles. The molecule has 0 N–H and O–H groups in total. The van der Waals surface area contributed by atoms with Gasteiger partial charge in [-0.2, -0.15) is 0 Å². The topological polar surface area (TPSA) is 46.6 Å². The fourth-order valence-electron chi connectivity index (χ4n) is 6.12. The highest BCUT2D eigenvalue weighted by molar-refractivity contribution is 5.94. The Morgan fingerprint density at radius 2 is 1.54 bits per heavy atom. The van der Waals surface area contributed by atoms with Gasteiger partial charge in [-0.15, -0.1) is 0 Å². The van der Waals surface area contributed by atoms with Gasteiger partial charge < -0.3 is 4.74 Å². The number of piperidine rings is 1. The molecule has 6 rings (SSSR count). The van der Waals surface area contributed by atoms with Crippen LogP contribution in [0.5, 0.6) is 0 Å². The molecule has 3 aromatic carbocycles. The maximum absolute atomic E-state index is 13.4. The lowest BCUT2D eigenvalue weighted by Crippen LogP contribution is -2.51. The third kappa shape index (κ3) is 3.87. The van der Waals surface area contributed by atoms with Gasteiger partial charge in [0.2, 0.25) is 0 Å². The van der Waals surface area contributed by atoms with Gasteiger partial charge in [0, 0.05) is 17.5 Å². The molecule has 4 nitrogen and oxygen atoms in total. The molecule has 3 aliphatic rings. The average molecular weight is 464 g/mol. The van der Waals surface area contributed by atoms with Crippen LogP contribution >= 0.6 is 0 Å². The molecule has 2 heterocycles. The Morgan fingerprint density at radius 3 is 2.17 bits per heavy atom. The van der Waals surface area contributed by atoms with E-state index in [4.69, 9.17) is 4.74 Å². The number of nitrogens with zero attached hydrogens (tertiary/aromatic N) is 1. The molecule has 1 fully saturated rings. The monoisotopic (exact) mass is 463 g/mol. The van der Waals surface area contributed by atoms with Gasteiger partial charge in [0.05, 0.1) is 6.04 Å². The number of carbonyl (C=O) groups excluding carboxylic acids is 2. The highest BCUT2D eigenvalue weighted by Crippen LogP contribution is 2.45. The number of rotatable bonds is 4. The molecule has 0 aromatic heterocycles. The summed E-state index contributed by atoms with van der Waals surface area (Å²) in [5.41, 5.74) is 8.07.